The van der Waals surface area contributed by atoms with Crippen molar-refractivity contribution in [3.8, 4) is 0 Å². The van der Waals surface area contributed by atoms with Gasteiger partial charge >= 0.3 is 0 Å². The van der Waals surface area contributed by atoms with Gasteiger partial charge < -0.3 is 10.6 Å². The zero-order chi connectivity index (χ0) is 22.7. The maximum atomic E-state index is 12.9. The van der Waals surface area contributed by atoms with Crippen molar-refractivity contribution in [3.63, 3.8) is 0 Å². The lowest BCUT2D eigenvalue weighted by Gasteiger charge is -2.19. The van der Waals surface area contributed by atoms with Crippen molar-refractivity contribution in [2.45, 2.75) is 13.0 Å². The molecule has 0 aliphatic carbocycles. The molecule has 2 N–H and O–H groups in total. The van der Waals surface area contributed by atoms with E-state index >= 15 is 0 Å². The van der Waals surface area contributed by atoms with Crippen LogP contribution in [0, 0.1) is 0 Å². The molecule has 3 aromatic carbocycles. The normalized spacial score (nSPS) is 13.5. The zero-order valence-electron chi connectivity index (χ0n) is 17.7. The molecule has 0 radical (unpaired) electrons. The van der Waals surface area contributed by atoms with Crippen LogP contribution in [-0.2, 0) is 4.79 Å². The molecule has 160 valence electrons. The van der Waals surface area contributed by atoms with Crippen molar-refractivity contribution >= 4 is 29.1 Å². The summed E-state index contributed by atoms with van der Waals surface area (Å²) in [6.07, 6.45) is 0. The molecule has 32 heavy (non-hydrogen) atoms. The molecule has 1 aliphatic rings. The van der Waals surface area contributed by atoms with E-state index in [1.165, 1.54) is 4.90 Å². The summed E-state index contributed by atoms with van der Waals surface area (Å²) in [6, 6.07) is 23.3. The van der Waals surface area contributed by atoms with Gasteiger partial charge in [-0.3, -0.25) is 19.3 Å². The Bertz CT molecular complexity index is 1170. The van der Waals surface area contributed by atoms with Crippen LogP contribution in [0.5, 0.6) is 0 Å². The number of hydrogen-bond acceptors (Lipinski definition) is 3. The predicted octanol–water partition coefficient (Wildman–Crippen LogP) is 4.24. The third-order valence-corrected chi connectivity index (χ3v) is 5.43. The Morgan fingerprint density at radius 1 is 0.906 bits per heavy atom. The van der Waals surface area contributed by atoms with E-state index in [0.29, 0.717) is 22.5 Å². The molecule has 3 amide bonds. The summed E-state index contributed by atoms with van der Waals surface area (Å²) in [5.74, 6) is -0.974. The Hall–Kier alpha value is -4.19. The predicted molar refractivity (Wildman–Crippen MR) is 124 cm³/mol. The van der Waals surface area contributed by atoms with E-state index in [2.05, 4.69) is 17.2 Å². The number of benzene rings is 3. The number of fused-ring (bicyclic) bond motifs is 1. The van der Waals surface area contributed by atoms with E-state index in [1.807, 2.05) is 43.3 Å². The number of rotatable bonds is 6. The standard InChI is InChI=1S/C26H23N3O3/c1-17(19-10-4-3-5-11-19)27-25(31)22-14-8-9-15-23(22)28-24(30)16-29-18(2)20-12-6-7-13-21(20)26(29)32/h3-15,17H,2,16H2,1H3,(H,27,31)(H,28,30). The van der Waals surface area contributed by atoms with Crippen molar-refractivity contribution in [1.29, 1.82) is 0 Å². The largest absolute Gasteiger partial charge is 0.345 e. The minimum Gasteiger partial charge on any atom is -0.345 e. The average Bonchev–Trinajstić information content (AvgIpc) is 3.05. The van der Waals surface area contributed by atoms with Gasteiger partial charge in [0.15, 0.2) is 0 Å². The third kappa shape index (κ3) is 4.16. The van der Waals surface area contributed by atoms with Crippen molar-refractivity contribution in [3.05, 3.63) is 108 Å². The van der Waals surface area contributed by atoms with E-state index in [-0.39, 0.29) is 24.4 Å². The molecule has 0 fully saturated rings. The van der Waals surface area contributed by atoms with Crippen LogP contribution < -0.4 is 10.6 Å². The zero-order valence-corrected chi connectivity index (χ0v) is 17.7. The molecule has 0 saturated heterocycles. The van der Waals surface area contributed by atoms with Gasteiger partial charge in [0.2, 0.25) is 5.91 Å². The van der Waals surface area contributed by atoms with Gasteiger partial charge in [0, 0.05) is 16.8 Å². The summed E-state index contributed by atoms with van der Waals surface area (Å²) in [5.41, 5.74) is 3.44. The fraction of sp³-hybridized carbons (Fsp3) is 0.115. The van der Waals surface area contributed by atoms with Gasteiger partial charge in [-0.1, -0.05) is 67.2 Å². The first-order valence-corrected chi connectivity index (χ1v) is 10.3. The summed E-state index contributed by atoms with van der Waals surface area (Å²) >= 11 is 0. The Balaban J connectivity index is 1.45. The molecule has 6 heteroatoms. The number of carbonyl (C=O) groups excluding carboxylic acids is 3. The van der Waals surface area contributed by atoms with Crippen LogP contribution in [-0.4, -0.2) is 29.2 Å². The lowest BCUT2D eigenvalue weighted by molar-refractivity contribution is -0.116. The minimum atomic E-state index is -0.413. The second-order valence-electron chi connectivity index (χ2n) is 7.58. The number of nitrogens with one attached hydrogen (secondary N) is 2. The highest BCUT2D eigenvalue weighted by Gasteiger charge is 2.32. The van der Waals surface area contributed by atoms with Gasteiger partial charge in [-0.05, 0) is 30.7 Å². The molecule has 1 atom stereocenters. The van der Waals surface area contributed by atoms with Gasteiger partial charge in [-0.25, -0.2) is 0 Å². The molecule has 1 unspecified atom stereocenters. The minimum absolute atomic E-state index is 0.192. The Labute approximate surface area is 186 Å². The summed E-state index contributed by atoms with van der Waals surface area (Å²) in [7, 11) is 0. The molecule has 1 aliphatic heterocycles. The van der Waals surface area contributed by atoms with E-state index in [1.54, 1.807) is 42.5 Å². The first-order valence-electron chi connectivity index (χ1n) is 10.3. The molecule has 0 spiro atoms. The summed E-state index contributed by atoms with van der Waals surface area (Å²) in [6.45, 7) is 5.66. The van der Waals surface area contributed by atoms with Gasteiger partial charge in [-0.2, -0.15) is 0 Å². The second-order valence-corrected chi connectivity index (χ2v) is 7.58. The smallest absolute Gasteiger partial charge is 0.259 e. The molecule has 1 heterocycles. The van der Waals surface area contributed by atoms with Crippen LogP contribution in [0.4, 0.5) is 5.69 Å². The van der Waals surface area contributed by atoms with Crippen molar-refractivity contribution < 1.29 is 14.4 Å². The maximum Gasteiger partial charge on any atom is 0.259 e. The lowest BCUT2D eigenvalue weighted by atomic mass is 10.1. The molecule has 0 aromatic heterocycles. The van der Waals surface area contributed by atoms with E-state index < -0.39 is 5.91 Å². The van der Waals surface area contributed by atoms with Crippen LogP contribution in [0.2, 0.25) is 0 Å². The molecule has 0 saturated carbocycles. The molecular formula is C26H23N3O3. The number of amides is 3. The topological polar surface area (TPSA) is 78.5 Å². The number of anilines is 1. The van der Waals surface area contributed by atoms with Crippen LogP contribution >= 0.6 is 0 Å². The van der Waals surface area contributed by atoms with Gasteiger partial charge in [-0.15, -0.1) is 0 Å². The van der Waals surface area contributed by atoms with Crippen molar-refractivity contribution in [2.24, 2.45) is 0 Å². The van der Waals surface area contributed by atoms with Crippen molar-refractivity contribution in [2.75, 3.05) is 11.9 Å². The van der Waals surface area contributed by atoms with E-state index in [0.717, 1.165) is 11.1 Å². The Morgan fingerprint density at radius 2 is 1.53 bits per heavy atom. The third-order valence-electron chi connectivity index (χ3n) is 5.43. The van der Waals surface area contributed by atoms with Gasteiger partial charge in [0.25, 0.3) is 11.8 Å². The molecule has 4 rings (SSSR count). The van der Waals surface area contributed by atoms with Crippen LogP contribution in [0.15, 0.2) is 85.4 Å². The van der Waals surface area contributed by atoms with E-state index in [4.69, 9.17) is 0 Å². The molecule has 6 nitrogen and oxygen atoms in total. The first-order chi connectivity index (χ1) is 15.5. The summed E-state index contributed by atoms with van der Waals surface area (Å²) in [5, 5.41) is 5.72. The highest BCUT2D eigenvalue weighted by molar-refractivity contribution is 6.11. The number of para-hydroxylation sites is 1. The fourth-order valence-electron chi connectivity index (χ4n) is 3.72. The first kappa shape index (κ1) is 21.1. The lowest BCUT2D eigenvalue weighted by Crippen LogP contribution is -2.33. The maximum absolute atomic E-state index is 12.9. The quantitative estimate of drug-likeness (QED) is 0.620. The Kier molecular flexibility index (Phi) is 5.85. The van der Waals surface area contributed by atoms with Crippen LogP contribution in [0.1, 0.15) is 44.8 Å². The molecular weight excluding hydrogens is 402 g/mol. The van der Waals surface area contributed by atoms with Crippen LogP contribution in [0.3, 0.4) is 0 Å². The summed E-state index contributed by atoms with van der Waals surface area (Å²) in [4.78, 5) is 39.6. The average molecular weight is 425 g/mol. The summed E-state index contributed by atoms with van der Waals surface area (Å²) < 4.78 is 0. The number of hydrogen-bond donors (Lipinski definition) is 2. The second kappa shape index (κ2) is 8.89. The Morgan fingerprint density at radius 3 is 2.25 bits per heavy atom. The molecule has 0 bridgehead atoms. The van der Waals surface area contributed by atoms with Crippen LogP contribution in [0.25, 0.3) is 5.70 Å². The van der Waals surface area contributed by atoms with Gasteiger partial charge in [0.05, 0.1) is 17.3 Å². The van der Waals surface area contributed by atoms with E-state index in [9.17, 15) is 14.4 Å². The van der Waals surface area contributed by atoms with Crippen molar-refractivity contribution in [1.82, 2.24) is 10.2 Å². The number of carbonyl (C=O) groups is 3. The highest BCUT2D eigenvalue weighted by atomic mass is 16.2. The molecule has 3 aromatic rings. The highest BCUT2D eigenvalue weighted by Crippen LogP contribution is 2.31. The monoisotopic (exact) mass is 425 g/mol. The fourth-order valence-corrected chi connectivity index (χ4v) is 3.72. The van der Waals surface area contributed by atoms with Gasteiger partial charge in [0.1, 0.15) is 6.54 Å². The SMILES string of the molecule is C=C1c2ccccc2C(=O)N1CC(=O)Nc1ccccc1C(=O)NC(C)c1ccccc1. The number of nitrogens with zero attached hydrogens (tertiary/aromatic N) is 1.